The van der Waals surface area contributed by atoms with Crippen molar-refractivity contribution in [3.63, 3.8) is 0 Å². The lowest BCUT2D eigenvalue weighted by molar-refractivity contribution is -0.136. The number of nitrogens with one attached hydrogen (secondary N) is 1. The summed E-state index contributed by atoms with van der Waals surface area (Å²) < 4.78 is 50.0. The molecule has 0 radical (unpaired) electrons. The van der Waals surface area contributed by atoms with Gasteiger partial charge in [0.05, 0.1) is 29.8 Å². The standard InChI is InChI=1S/C28H27F3N6O2/c1-36-16-32-35-22(36)12-27(14-39-15-27)19-4-2-3-17(9-19)24-33-21-11-18(10-20(23(21)34-24)28(29,30)31)25(38)37-8-7-26(13-37)5-6-26/h2-4,9-11,16H,5-8,12-15H2,1H3,(H,33,34). The van der Waals surface area contributed by atoms with E-state index in [9.17, 15) is 18.0 Å². The number of amides is 1. The minimum Gasteiger partial charge on any atom is -0.379 e. The van der Waals surface area contributed by atoms with E-state index in [1.54, 1.807) is 11.2 Å². The van der Waals surface area contributed by atoms with Crippen molar-refractivity contribution < 1.29 is 22.7 Å². The summed E-state index contributed by atoms with van der Waals surface area (Å²) in [4.78, 5) is 22.3. The van der Waals surface area contributed by atoms with Gasteiger partial charge in [0.1, 0.15) is 18.0 Å². The molecule has 1 spiro atoms. The van der Waals surface area contributed by atoms with Gasteiger partial charge in [0.25, 0.3) is 5.91 Å². The van der Waals surface area contributed by atoms with Gasteiger partial charge in [-0.25, -0.2) is 4.98 Å². The van der Waals surface area contributed by atoms with E-state index in [1.807, 2.05) is 35.9 Å². The highest BCUT2D eigenvalue weighted by molar-refractivity contribution is 5.99. The maximum atomic E-state index is 14.2. The fraction of sp³-hybridized carbons (Fsp3) is 0.429. The summed E-state index contributed by atoms with van der Waals surface area (Å²) in [6, 6.07) is 10.1. The highest BCUT2D eigenvalue weighted by Gasteiger charge is 2.49. The van der Waals surface area contributed by atoms with Gasteiger partial charge in [0.2, 0.25) is 0 Å². The molecule has 2 aromatic heterocycles. The maximum Gasteiger partial charge on any atom is 0.418 e. The third-order valence-corrected chi connectivity index (χ3v) is 8.63. The van der Waals surface area contributed by atoms with Gasteiger partial charge >= 0.3 is 6.18 Å². The number of halogens is 3. The van der Waals surface area contributed by atoms with E-state index in [4.69, 9.17) is 4.74 Å². The number of benzene rings is 2. The Hall–Kier alpha value is -3.73. The van der Waals surface area contributed by atoms with Crippen LogP contribution in [0.1, 0.15) is 46.6 Å². The zero-order chi connectivity index (χ0) is 27.0. The number of aromatic amines is 1. The minimum atomic E-state index is -4.65. The lowest BCUT2D eigenvalue weighted by Gasteiger charge is -2.41. The quantitative estimate of drug-likeness (QED) is 0.406. The molecule has 1 saturated carbocycles. The number of nitrogens with zero attached hydrogens (tertiary/aromatic N) is 5. The number of alkyl halides is 3. The van der Waals surface area contributed by atoms with Crippen LogP contribution in [-0.4, -0.2) is 61.8 Å². The zero-order valence-corrected chi connectivity index (χ0v) is 21.4. The molecule has 0 atom stereocenters. The molecule has 0 unspecified atom stereocenters. The van der Waals surface area contributed by atoms with Crippen LogP contribution in [0.5, 0.6) is 0 Å². The number of aryl methyl sites for hydroxylation is 1. The average molecular weight is 537 g/mol. The van der Waals surface area contributed by atoms with Crippen molar-refractivity contribution in [2.75, 3.05) is 26.3 Å². The molecule has 1 N–H and O–H groups in total. The molecule has 4 aromatic rings. The van der Waals surface area contributed by atoms with Crippen molar-refractivity contribution in [1.29, 1.82) is 0 Å². The van der Waals surface area contributed by atoms with Crippen LogP contribution in [0.4, 0.5) is 13.2 Å². The summed E-state index contributed by atoms with van der Waals surface area (Å²) in [5, 5.41) is 8.18. The van der Waals surface area contributed by atoms with Gasteiger partial charge < -0.3 is 19.2 Å². The number of fused-ring (bicyclic) bond motifs is 1. The Labute approximate surface area is 222 Å². The van der Waals surface area contributed by atoms with Crippen LogP contribution >= 0.6 is 0 Å². The predicted octanol–water partition coefficient (Wildman–Crippen LogP) is 4.51. The van der Waals surface area contributed by atoms with Gasteiger partial charge in [-0.3, -0.25) is 4.79 Å². The molecule has 2 saturated heterocycles. The molecular formula is C28H27F3N6O2. The Morgan fingerprint density at radius 3 is 2.62 bits per heavy atom. The molecule has 7 rings (SSSR count). The second-order valence-electron chi connectivity index (χ2n) is 11.4. The van der Waals surface area contributed by atoms with Crippen molar-refractivity contribution in [3.05, 3.63) is 65.2 Å². The maximum absolute atomic E-state index is 14.2. The molecule has 8 nitrogen and oxygen atoms in total. The normalized spacial score (nSPS) is 19.5. The fourth-order valence-corrected chi connectivity index (χ4v) is 5.96. The van der Waals surface area contributed by atoms with E-state index in [0.29, 0.717) is 44.1 Å². The summed E-state index contributed by atoms with van der Waals surface area (Å²) in [5.41, 5.74) is 0.656. The SMILES string of the molecule is Cn1cnnc1CC1(c2cccc(-c3nc4cc(C(=O)N5CCC6(CC6)C5)cc(C(F)(F)F)c4[nH]3)c2)COC1. The Morgan fingerprint density at radius 1 is 1.15 bits per heavy atom. The summed E-state index contributed by atoms with van der Waals surface area (Å²) in [7, 11) is 1.89. The average Bonchev–Trinajstić information content (AvgIpc) is 3.19. The van der Waals surface area contributed by atoms with Gasteiger partial charge in [-0.05, 0) is 48.4 Å². The van der Waals surface area contributed by atoms with Crippen molar-refractivity contribution >= 4 is 16.9 Å². The Kier molecular flexibility index (Phi) is 5.23. The molecule has 3 aliphatic rings. The van der Waals surface area contributed by atoms with E-state index >= 15 is 0 Å². The van der Waals surface area contributed by atoms with Crippen LogP contribution in [0.15, 0.2) is 42.7 Å². The van der Waals surface area contributed by atoms with E-state index < -0.39 is 11.7 Å². The Balaban J connectivity index is 1.25. The summed E-state index contributed by atoms with van der Waals surface area (Å²) >= 11 is 0. The fourth-order valence-electron chi connectivity index (χ4n) is 5.96. The van der Waals surface area contributed by atoms with Crippen LogP contribution < -0.4 is 0 Å². The Bertz CT molecular complexity index is 1600. The monoisotopic (exact) mass is 536 g/mol. The number of H-pyrrole nitrogens is 1. The van der Waals surface area contributed by atoms with Crippen LogP contribution in [0, 0.1) is 5.41 Å². The van der Waals surface area contributed by atoms with E-state index in [-0.39, 0.29) is 33.3 Å². The lowest BCUT2D eigenvalue weighted by Crippen LogP contribution is -2.49. The summed E-state index contributed by atoms with van der Waals surface area (Å²) in [6.07, 6.45) is 0.702. The van der Waals surface area contributed by atoms with Crippen LogP contribution in [0.25, 0.3) is 22.4 Å². The molecule has 202 valence electrons. The van der Waals surface area contributed by atoms with Gasteiger partial charge in [-0.2, -0.15) is 13.2 Å². The first kappa shape index (κ1) is 24.3. The van der Waals surface area contributed by atoms with Crippen LogP contribution in [0.3, 0.4) is 0 Å². The van der Waals surface area contributed by atoms with Gasteiger partial charge in [-0.1, -0.05) is 18.2 Å². The Morgan fingerprint density at radius 2 is 1.97 bits per heavy atom. The number of imidazole rings is 1. The molecule has 11 heteroatoms. The third kappa shape index (κ3) is 4.10. The van der Waals surface area contributed by atoms with Crippen molar-refractivity contribution in [1.82, 2.24) is 29.6 Å². The first-order valence-electron chi connectivity index (χ1n) is 13.1. The number of ether oxygens (including phenoxy) is 1. The summed E-state index contributed by atoms with van der Waals surface area (Å²) in [5.74, 6) is 0.771. The first-order valence-corrected chi connectivity index (χ1v) is 13.1. The topological polar surface area (TPSA) is 88.9 Å². The number of likely N-dealkylation sites (tertiary alicyclic amines) is 1. The number of hydrogen-bond acceptors (Lipinski definition) is 5. The minimum absolute atomic E-state index is 0.0218. The lowest BCUT2D eigenvalue weighted by atomic mass is 9.75. The molecule has 1 aliphatic carbocycles. The number of hydrogen-bond donors (Lipinski definition) is 1. The van der Waals surface area contributed by atoms with Gasteiger partial charge in [-0.15, -0.1) is 10.2 Å². The predicted molar refractivity (Wildman–Crippen MR) is 136 cm³/mol. The van der Waals surface area contributed by atoms with Crippen molar-refractivity contribution in [2.45, 2.75) is 37.3 Å². The molecule has 39 heavy (non-hydrogen) atoms. The molecular weight excluding hydrogens is 509 g/mol. The zero-order valence-electron chi connectivity index (χ0n) is 21.4. The number of aromatic nitrogens is 5. The number of carbonyl (C=O) groups is 1. The van der Waals surface area contributed by atoms with Crippen LogP contribution in [-0.2, 0) is 29.8 Å². The smallest absolute Gasteiger partial charge is 0.379 e. The molecule has 2 aromatic carbocycles. The van der Waals surface area contributed by atoms with E-state index in [2.05, 4.69) is 20.2 Å². The first-order chi connectivity index (χ1) is 18.6. The molecule has 4 heterocycles. The van der Waals surface area contributed by atoms with Gasteiger partial charge in [0.15, 0.2) is 0 Å². The highest BCUT2D eigenvalue weighted by Crippen LogP contribution is 2.53. The molecule has 3 fully saturated rings. The third-order valence-electron chi connectivity index (χ3n) is 8.63. The second-order valence-corrected chi connectivity index (χ2v) is 11.4. The van der Waals surface area contributed by atoms with E-state index in [0.717, 1.165) is 36.7 Å². The van der Waals surface area contributed by atoms with E-state index in [1.165, 1.54) is 6.07 Å². The summed E-state index contributed by atoms with van der Waals surface area (Å²) in [6.45, 7) is 2.20. The van der Waals surface area contributed by atoms with Gasteiger partial charge in [0, 0.05) is 43.1 Å². The highest BCUT2D eigenvalue weighted by atomic mass is 19.4. The van der Waals surface area contributed by atoms with Crippen LogP contribution in [0.2, 0.25) is 0 Å². The van der Waals surface area contributed by atoms with Crippen molar-refractivity contribution in [2.24, 2.45) is 12.5 Å². The second kappa shape index (κ2) is 8.38. The molecule has 2 aliphatic heterocycles. The number of carbonyl (C=O) groups excluding carboxylic acids is 1. The molecule has 1 amide bonds. The number of rotatable bonds is 5. The molecule has 0 bridgehead atoms. The van der Waals surface area contributed by atoms with Crippen molar-refractivity contribution in [3.8, 4) is 11.4 Å². The largest absolute Gasteiger partial charge is 0.418 e.